The molecule has 15 heavy (non-hydrogen) atoms. The second kappa shape index (κ2) is 2.79. The summed E-state index contributed by atoms with van der Waals surface area (Å²) in [6.07, 6.45) is 4.10. The molecule has 1 aromatic carbocycles. The third-order valence-corrected chi connectivity index (χ3v) is 2.69. The summed E-state index contributed by atoms with van der Waals surface area (Å²) in [6, 6.07) is 3.85. The first-order chi connectivity index (χ1) is 7.24. The fourth-order valence-electron chi connectivity index (χ4n) is 1.92. The van der Waals surface area contributed by atoms with Crippen LogP contribution in [0.15, 0.2) is 23.3 Å². The van der Waals surface area contributed by atoms with Crippen molar-refractivity contribution in [3.8, 4) is 5.75 Å². The predicted molar refractivity (Wildman–Crippen MR) is 55.6 cm³/mol. The monoisotopic (exact) mass is 199 g/mol. The van der Waals surface area contributed by atoms with Crippen molar-refractivity contribution in [2.75, 3.05) is 0 Å². The van der Waals surface area contributed by atoms with Gasteiger partial charge in [0.05, 0.1) is 11.8 Å². The second-order valence-electron chi connectivity index (χ2n) is 3.78. The molecule has 2 aliphatic rings. The SMILES string of the molecule is CC1=c2cc3c(cc2OC(=O)C1)=NC=C3. The van der Waals surface area contributed by atoms with Gasteiger partial charge in [-0.05, 0) is 19.1 Å². The minimum absolute atomic E-state index is 0.189. The summed E-state index contributed by atoms with van der Waals surface area (Å²) in [4.78, 5) is 15.4. The number of hydrogen-bond acceptors (Lipinski definition) is 3. The van der Waals surface area contributed by atoms with E-state index in [-0.39, 0.29) is 5.97 Å². The van der Waals surface area contributed by atoms with Gasteiger partial charge in [0, 0.05) is 23.0 Å². The zero-order chi connectivity index (χ0) is 10.4. The second-order valence-corrected chi connectivity index (χ2v) is 3.78. The molecule has 74 valence electrons. The Morgan fingerprint density at radius 1 is 1.40 bits per heavy atom. The summed E-state index contributed by atoms with van der Waals surface area (Å²) in [5.74, 6) is 0.445. The zero-order valence-electron chi connectivity index (χ0n) is 8.28. The van der Waals surface area contributed by atoms with E-state index in [1.54, 1.807) is 6.20 Å². The molecule has 0 atom stereocenters. The molecule has 3 heteroatoms. The van der Waals surface area contributed by atoms with Crippen molar-refractivity contribution in [2.24, 2.45) is 4.99 Å². The lowest BCUT2D eigenvalue weighted by molar-refractivity contribution is -0.133. The number of nitrogens with zero attached hydrogens (tertiary/aromatic N) is 1. The summed E-state index contributed by atoms with van der Waals surface area (Å²) in [5.41, 5.74) is 2.15. The molecule has 0 amide bonds. The summed E-state index contributed by atoms with van der Waals surface area (Å²) < 4.78 is 5.18. The van der Waals surface area contributed by atoms with Gasteiger partial charge in [0.15, 0.2) is 0 Å². The third-order valence-electron chi connectivity index (χ3n) is 2.69. The molecule has 0 unspecified atom stereocenters. The van der Waals surface area contributed by atoms with Gasteiger partial charge in [0.25, 0.3) is 0 Å². The smallest absolute Gasteiger partial charge is 0.315 e. The highest BCUT2D eigenvalue weighted by molar-refractivity contribution is 5.84. The Labute approximate surface area is 86.4 Å². The number of carbonyl (C=O) groups excluding carboxylic acids is 1. The molecular weight excluding hydrogens is 190 g/mol. The molecule has 0 aliphatic carbocycles. The lowest BCUT2D eigenvalue weighted by atomic mass is 10.1. The quantitative estimate of drug-likeness (QED) is 0.457. The summed E-state index contributed by atoms with van der Waals surface area (Å²) >= 11 is 0. The van der Waals surface area contributed by atoms with Gasteiger partial charge in [-0.3, -0.25) is 9.79 Å². The summed E-state index contributed by atoms with van der Waals surface area (Å²) in [7, 11) is 0. The lowest BCUT2D eigenvalue weighted by Crippen LogP contribution is -2.25. The molecule has 2 heterocycles. The summed E-state index contributed by atoms with van der Waals surface area (Å²) in [6.45, 7) is 1.96. The maximum absolute atomic E-state index is 11.2. The Kier molecular flexibility index (Phi) is 1.57. The van der Waals surface area contributed by atoms with Crippen LogP contribution in [-0.4, -0.2) is 5.97 Å². The number of carbonyl (C=O) groups is 1. The van der Waals surface area contributed by atoms with Crippen LogP contribution in [0, 0.1) is 0 Å². The molecule has 0 radical (unpaired) electrons. The highest BCUT2D eigenvalue weighted by Gasteiger charge is 2.16. The average molecular weight is 199 g/mol. The first-order valence-electron chi connectivity index (χ1n) is 4.83. The standard InChI is InChI=1S/C12H9NO2/c1-7-4-12(14)15-11-6-10-8(2-3-13-10)5-9(7)11/h2-3,5-6H,4H2,1H3. The predicted octanol–water partition coefficient (Wildman–Crippen LogP) is 0.770. The van der Waals surface area contributed by atoms with Crippen LogP contribution in [0.2, 0.25) is 0 Å². The normalized spacial score (nSPS) is 16.9. The molecule has 0 aromatic heterocycles. The van der Waals surface area contributed by atoms with E-state index >= 15 is 0 Å². The zero-order valence-corrected chi connectivity index (χ0v) is 8.28. The van der Waals surface area contributed by atoms with Crippen LogP contribution in [0.1, 0.15) is 18.9 Å². The van der Waals surface area contributed by atoms with Crippen molar-refractivity contribution in [3.63, 3.8) is 0 Å². The molecule has 0 saturated carbocycles. The van der Waals surface area contributed by atoms with Crippen molar-refractivity contribution in [3.05, 3.63) is 34.5 Å². The van der Waals surface area contributed by atoms with Gasteiger partial charge < -0.3 is 4.74 Å². The number of hydrogen-bond donors (Lipinski definition) is 0. The van der Waals surface area contributed by atoms with E-state index < -0.39 is 0 Å². The maximum Gasteiger partial charge on any atom is 0.315 e. The van der Waals surface area contributed by atoms with E-state index in [1.165, 1.54) is 0 Å². The van der Waals surface area contributed by atoms with Crippen molar-refractivity contribution in [1.82, 2.24) is 0 Å². The topological polar surface area (TPSA) is 38.7 Å². The molecule has 3 rings (SSSR count). The number of benzene rings is 1. The van der Waals surface area contributed by atoms with E-state index in [1.807, 2.05) is 25.1 Å². The number of esters is 1. The first kappa shape index (κ1) is 8.41. The van der Waals surface area contributed by atoms with Crippen LogP contribution >= 0.6 is 0 Å². The van der Waals surface area contributed by atoms with E-state index in [9.17, 15) is 4.79 Å². The van der Waals surface area contributed by atoms with E-state index in [0.29, 0.717) is 12.2 Å². The minimum atomic E-state index is -0.189. The lowest BCUT2D eigenvalue weighted by Gasteiger charge is -2.13. The van der Waals surface area contributed by atoms with E-state index in [0.717, 1.165) is 21.7 Å². The number of rotatable bonds is 0. The van der Waals surface area contributed by atoms with Crippen molar-refractivity contribution in [1.29, 1.82) is 0 Å². The van der Waals surface area contributed by atoms with Gasteiger partial charge in [0.1, 0.15) is 5.75 Å². The molecule has 0 fully saturated rings. The van der Waals surface area contributed by atoms with Gasteiger partial charge in [-0.2, -0.15) is 0 Å². The van der Waals surface area contributed by atoms with Crippen LogP contribution in [0.5, 0.6) is 5.75 Å². The first-order valence-corrected chi connectivity index (χ1v) is 4.83. The van der Waals surface area contributed by atoms with Crippen LogP contribution in [-0.2, 0) is 4.79 Å². The highest BCUT2D eigenvalue weighted by Crippen LogP contribution is 2.15. The van der Waals surface area contributed by atoms with Gasteiger partial charge in [-0.25, -0.2) is 0 Å². The van der Waals surface area contributed by atoms with Crippen LogP contribution in [0.4, 0.5) is 0 Å². The number of fused-ring (bicyclic) bond motifs is 2. The minimum Gasteiger partial charge on any atom is -0.426 e. The molecule has 3 nitrogen and oxygen atoms in total. The van der Waals surface area contributed by atoms with Gasteiger partial charge in [-0.1, -0.05) is 5.57 Å². The molecule has 0 spiro atoms. The molecule has 0 N–H and O–H groups in total. The van der Waals surface area contributed by atoms with Crippen LogP contribution in [0.25, 0.3) is 11.6 Å². The van der Waals surface area contributed by atoms with E-state index in [4.69, 9.17) is 4.74 Å². The Bertz CT molecular complexity index is 611. The Hall–Kier alpha value is -1.90. The fourth-order valence-corrected chi connectivity index (χ4v) is 1.92. The molecule has 2 aliphatic heterocycles. The number of ether oxygens (including phenoxy) is 1. The van der Waals surface area contributed by atoms with Gasteiger partial charge >= 0.3 is 5.97 Å². The largest absolute Gasteiger partial charge is 0.426 e. The molecule has 0 saturated heterocycles. The van der Waals surface area contributed by atoms with Crippen molar-refractivity contribution < 1.29 is 9.53 Å². The summed E-state index contributed by atoms with van der Waals surface area (Å²) in [5, 5.41) is 1.89. The maximum atomic E-state index is 11.2. The van der Waals surface area contributed by atoms with Crippen LogP contribution < -0.4 is 15.3 Å². The van der Waals surface area contributed by atoms with Crippen molar-refractivity contribution in [2.45, 2.75) is 13.3 Å². The molecule has 0 bridgehead atoms. The Morgan fingerprint density at radius 2 is 2.27 bits per heavy atom. The van der Waals surface area contributed by atoms with Crippen molar-refractivity contribution >= 4 is 17.6 Å². The Morgan fingerprint density at radius 3 is 3.13 bits per heavy atom. The molecular formula is C12H9NO2. The Balaban J connectivity index is 2.38. The highest BCUT2D eigenvalue weighted by atomic mass is 16.5. The third kappa shape index (κ3) is 1.20. The average Bonchev–Trinajstić information content (AvgIpc) is 2.61. The van der Waals surface area contributed by atoms with Crippen LogP contribution in [0.3, 0.4) is 0 Å². The van der Waals surface area contributed by atoms with E-state index in [2.05, 4.69) is 4.99 Å². The fraction of sp³-hybridized carbons (Fsp3) is 0.167. The van der Waals surface area contributed by atoms with Gasteiger partial charge in [-0.15, -0.1) is 0 Å². The van der Waals surface area contributed by atoms with Gasteiger partial charge in [0.2, 0.25) is 0 Å². The molecule has 1 aromatic rings.